The van der Waals surface area contributed by atoms with Crippen LogP contribution in [0.15, 0.2) is 48.5 Å². The summed E-state index contributed by atoms with van der Waals surface area (Å²) < 4.78 is 18.5. The van der Waals surface area contributed by atoms with E-state index >= 15 is 0 Å². The normalized spacial score (nSPS) is 17.4. The lowest BCUT2D eigenvalue weighted by molar-refractivity contribution is -0.129. The number of hydrogen-bond acceptors (Lipinski definition) is 3. The molecule has 1 N–H and O–H groups in total. The molecule has 5 nitrogen and oxygen atoms in total. The van der Waals surface area contributed by atoms with E-state index in [2.05, 4.69) is 5.32 Å². The standard InChI is InChI=1S/C18H16ClFN2O3/c19-13-3-1-2-12(8-13)18(24)21-9-16-10-22(17(23)11-25-16)15-6-4-14(20)5-7-15/h1-8,16H,9-11H2,(H,21,24). The molecule has 0 radical (unpaired) electrons. The number of carbonyl (C=O) groups excluding carboxylic acids is 2. The third-order valence-electron chi connectivity index (χ3n) is 3.85. The smallest absolute Gasteiger partial charge is 0.253 e. The Labute approximate surface area is 149 Å². The number of anilines is 1. The van der Waals surface area contributed by atoms with E-state index in [1.54, 1.807) is 36.4 Å². The van der Waals surface area contributed by atoms with Crippen LogP contribution >= 0.6 is 11.6 Å². The second kappa shape index (κ2) is 7.63. The molecule has 0 saturated carbocycles. The minimum absolute atomic E-state index is 0.0882. The predicted octanol–water partition coefficient (Wildman–Crippen LogP) is 2.64. The first-order valence-electron chi connectivity index (χ1n) is 7.74. The third kappa shape index (κ3) is 4.35. The van der Waals surface area contributed by atoms with Crippen LogP contribution in [0.5, 0.6) is 0 Å². The maximum Gasteiger partial charge on any atom is 0.253 e. The van der Waals surface area contributed by atoms with Crippen LogP contribution in [0.2, 0.25) is 5.02 Å². The maximum atomic E-state index is 13.0. The second-order valence-corrected chi connectivity index (χ2v) is 6.07. The fourth-order valence-corrected chi connectivity index (χ4v) is 2.75. The Morgan fingerprint density at radius 3 is 2.76 bits per heavy atom. The van der Waals surface area contributed by atoms with Crippen molar-refractivity contribution in [1.29, 1.82) is 0 Å². The predicted molar refractivity (Wildman–Crippen MR) is 92.3 cm³/mol. The van der Waals surface area contributed by atoms with Crippen LogP contribution in [-0.2, 0) is 9.53 Å². The Morgan fingerprint density at radius 1 is 1.28 bits per heavy atom. The van der Waals surface area contributed by atoms with E-state index in [1.165, 1.54) is 17.0 Å². The molecule has 1 fully saturated rings. The molecule has 2 aromatic rings. The summed E-state index contributed by atoms with van der Waals surface area (Å²) in [5, 5.41) is 3.25. The van der Waals surface area contributed by atoms with Gasteiger partial charge in [-0.15, -0.1) is 0 Å². The molecule has 25 heavy (non-hydrogen) atoms. The lowest BCUT2D eigenvalue weighted by Crippen LogP contribution is -2.50. The van der Waals surface area contributed by atoms with Gasteiger partial charge in [-0.3, -0.25) is 9.59 Å². The number of carbonyl (C=O) groups is 2. The highest BCUT2D eigenvalue weighted by Gasteiger charge is 2.27. The van der Waals surface area contributed by atoms with Crippen molar-refractivity contribution in [3.05, 3.63) is 64.9 Å². The van der Waals surface area contributed by atoms with Gasteiger partial charge in [0.05, 0.1) is 12.6 Å². The fraction of sp³-hybridized carbons (Fsp3) is 0.222. The number of halogens is 2. The maximum absolute atomic E-state index is 13.0. The molecular weight excluding hydrogens is 347 g/mol. The minimum atomic E-state index is -0.366. The highest BCUT2D eigenvalue weighted by molar-refractivity contribution is 6.30. The van der Waals surface area contributed by atoms with Crippen molar-refractivity contribution >= 4 is 29.1 Å². The topological polar surface area (TPSA) is 58.6 Å². The Balaban J connectivity index is 1.61. The zero-order valence-electron chi connectivity index (χ0n) is 13.2. The van der Waals surface area contributed by atoms with Crippen molar-refractivity contribution < 1.29 is 18.7 Å². The lowest BCUT2D eigenvalue weighted by Gasteiger charge is -2.32. The SMILES string of the molecule is O=C(NCC1CN(c2ccc(F)cc2)C(=O)CO1)c1cccc(Cl)c1. The monoisotopic (exact) mass is 362 g/mol. The molecule has 0 bridgehead atoms. The first-order chi connectivity index (χ1) is 12.0. The Kier molecular flexibility index (Phi) is 5.31. The van der Waals surface area contributed by atoms with Crippen LogP contribution in [0.3, 0.4) is 0 Å². The zero-order chi connectivity index (χ0) is 17.8. The highest BCUT2D eigenvalue weighted by atomic mass is 35.5. The molecule has 3 rings (SSSR count). The van der Waals surface area contributed by atoms with Gasteiger partial charge in [0.2, 0.25) is 0 Å². The summed E-state index contributed by atoms with van der Waals surface area (Å²) in [5.41, 5.74) is 1.05. The van der Waals surface area contributed by atoms with Gasteiger partial charge in [-0.1, -0.05) is 17.7 Å². The average molecular weight is 363 g/mol. The van der Waals surface area contributed by atoms with Gasteiger partial charge < -0.3 is 15.0 Å². The summed E-state index contributed by atoms with van der Waals surface area (Å²) in [6.45, 7) is 0.436. The molecule has 1 saturated heterocycles. The summed E-state index contributed by atoms with van der Waals surface area (Å²) in [6, 6.07) is 12.3. The summed E-state index contributed by atoms with van der Waals surface area (Å²) in [7, 11) is 0. The Bertz CT molecular complexity index is 782. The van der Waals surface area contributed by atoms with Gasteiger partial charge in [0, 0.05) is 22.8 Å². The van der Waals surface area contributed by atoms with Crippen LogP contribution in [0, 0.1) is 5.82 Å². The highest BCUT2D eigenvalue weighted by Crippen LogP contribution is 2.19. The van der Waals surface area contributed by atoms with Gasteiger partial charge in [-0.2, -0.15) is 0 Å². The number of amides is 2. The molecule has 1 atom stereocenters. The molecule has 130 valence electrons. The summed E-state index contributed by atoms with van der Waals surface area (Å²) in [4.78, 5) is 25.7. The average Bonchev–Trinajstić information content (AvgIpc) is 2.61. The molecular formula is C18H16ClFN2O3. The summed E-state index contributed by atoms with van der Waals surface area (Å²) >= 11 is 5.88. The van der Waals surface area contributed by atoms with Crippen molar-refractivity contribution in [3.63, 3.8) is 0 Å². The van der Waals surface area contributed by atoms with E-state index in [-0.39, 0.29) is 43.4 Å². The number of nitrogens with one attached hydrogen (secondary N) is 1. The summed E-state index contributed by atoms with van der Waals surface area (Å²) in [6.07, 6.45) is -0.356. The van der Waals surface area contributed by atoms with Crippen LogP contribution in [0.4, 0.5) is 10.1 Å². The van der Waals surface area contributed by atoms with Crippen molar-refractivity contribution in [1.82, 2.24) is 5.32 Å². The van der Waals surface area contributed by atoms with Gasteiger partial charge in [0.1, 0.15) is 12.4 Å². The molecule has 1 aliphatic rings. The van der Waals surface area contributed by atoms with E-state index in [0.29, 0.717) is 16.3 Å². The first kappa shape index (κ1) is 17.4. The number of nitrogens with zero attached hydrogens (tertiary/aromatic N) is 1. The Hall–Kier alpha value is -2.44. The van der Waals surface area contributed by atoms with Gasteiger partial charge in [0.15, 0.2) is 0 Å². The van der Waals surface area contributed by atoms with Crippen LogP contribution in [0.1, 0.15) is 10.4 Å². The number of rotatable bonds is 4. The number of hydrogen-bond donors (Lipinski definition) is 1. The zero-order valence-corrected chi connectivity index (χ0v) is 14.0. The molecule has 2 aromatic carbocycles. The van der Waals surface area contributed by atoms with Crippen molar-refractivity contribution in [2.75, 3.05) is 24.6 Å². The molecule has 1 unspecified atom stereocenters. The fourth-order valence-electron chi connectivity index (χ4n) is 2.56. The van der Waals surface area contributed by atoms with Crippen LogP contribution < -0.4 is 10.2 Å². The number of morpholine rings is 1. The first-order valence-corrected chi connectivity index (χ1v) is 8.12. The van der Waals surface area contributed by atoms with Crippen molar-refractivity contribution in [2.45, 2.75) is 6.10 Å². The van der Waals surface area contributed by atoms with Crippen LogP contribution in [0.25, 0.3) is 0 Å². The molecule has 7 heteroatoms. The van der Waals surface area contributed by atoms with E-state index in [0.717, 1.165) is 0 Å². The van der Waals surface area contributed by atoms with Gasteiger partial charge in [-0.05, 0) is 42.5 Å². The lowest BCUT2D eigenvalue weighted by atomic mass is 10.2. The molecule has 0 aromatic heterocycles. The van der Waals surface area contributed by atoms with E-state index in [9.17, 15) is 14.0 Å². The quantitative estimate of drug-likeness (QED) is 0.909. The molecule has 0 spiro atoms. The van der Waals surface area contributed by atoms with Crippen molar-refractivity contribution in [3.8, 4) is 0 Å². The van der Waals surface area contributed by atoms with Crippen molar-refractivity contribution in [2.24, 2.45) is 0 Å². The minimum Gasteiger partial charge on any atom is -0.365 e. The largest absolute Gasteiger partial charge is 0.365 e. The van der Waals surface area contributed by atoms with Gasteiger partial charge in [-0.25, -0.2) is 4.39 Å². The van der Waals surface area contributed by atoms with Gasteiger partial charge in [0.25, 0.3) is 11.8 Å². The van der Waals surface area contributed by atoms with Gasteiger partial charge >= 0.3 is 0 Å². The number of ether oxygens (including phenoxy) is 1. The molecule has 2 amide bonds. The van der Waals surface area contributed by atoms with E-state index in [1.807, 2.05) is 0 Å². The Morgan fingerprint density at radius 2 is 2.04 bits per heavy atom. The molecule has 1 heterocycles. The van der Waals surface area contributed by atoms with E-state index < -0.39 is 0 Å². The number of benzene rings is 2. The molecule has 1 aliphatic heterocycles. The molecule has 0 aliphatic carbocycles. The van der Waals surface area contributed by atoms with Crippen LogP contribution in [-0.4, -0.2) is 37.6 Å². The second-order valence-electron chi connectivity index (χ2n) is 5.63. The third-order valence-corrected chi connectivity index (χ3v) is 4.08. The summed E-state index contributed by atoms with van der Waals surface area (Å²) in [5.74, 6) is -0.838. The van der Waals surface area contributed by atoms with E-state index in [4.69, 9.17) is 16.3 Å².